The molecule has 2 amide bonds. The van der Waals surface area contributed by atoms with E-state index in [0.29, 0.717) is 22.0 Å². The Bertz CT molecular complexity index is 667. The Morgan fingerprint density at radius 3 is 2.75 bits per heavy atom. The van der Waals surface area contributed by atoms with Gasteiger partial charge in [0, 0.05) is 5.56 Å². The molecular formula is C13H12ClN3O3. The van der Waals surface area contributed by atoms with E-state index < -0.39 is 11.8 Å². The summed E-state index contributed by atoms with van der Waals surface area (Å²) in [5.74, 6) is -0.786. The fourth-order valence-electron chi connectivity index (χ4n) is 1.73. The largest absolute Gasteiger partial charge is 0.368 e. The maximum atomic E-state index is 12.1. The van der Waals surface area contributed by atoms with Gasteiger partial charge in [-0.25, -0.2) is 0 Å². The third-order valence-corrected chi connectivity index (χ3v) is 2.97. The third-order valence-electron chi connectivity index (χ3n) is 2.64. The highest BCUT2D eigenvalue weighted by Crippen LogP contribution is 2.30. The molecule has 0 atom stereocenters. The Morgan fingerprint density at radius 1 is 1.40 bits per heavy atom. The summed E-state index contributed by atoms with van der Waals surface area (Å²) in [6, 6.07) is 6.96. The van der Waals surface area contributed by atoms with Gasteiger partial charge in [0.25, 0.3) is 5.91 Å². The molecule has 3 N–H and O–H groups in total. The lowest BCUT2D eigenvalue weighted by Gasteiger charge is -2.05. The van der Waals surface area contributed by atoms with Gasteiger partial charge in [-0.05, 0) is 13.0 Å². The molecule has 0 saturated carbocycles. The molecule has 104 valence electrons. The second kappa shape index (κ2) is 5.75. The van der Waals surface area contributed by atoms with E-state index in [1.807, 2.05) is 0 Å². The van der Waals surface area contributed by atoms with E-state index in [4.69, 9.17) is 21.9 Å². The molecule has 1 aromatic heterocycles. The van der Waals surface area contributed by atoms with Gasteiger partial charge in [-0.15, -0.1) is 0 Å². The van der Waals surface area contributed by atoms with Crippen LogP contribution in [0.3, 0.4) is 0 Å². The Kier molecular flexibility index (Phi) is 4.05. The van der Waals surface area contributed by atoms with Gasteiger partial charge in [-0.2, -0.15) is 0 Å². The van der Waals surface area contributed by atoms with Crippen LogP contribution in [0.25, 0.3) is 11.3 Å². The number of carbonyl (C=O) groups is 2. The number of primary amides is 1. The van der Waals surface area contributed by atoms with Gasteiger partial charge in [-0.1, -0.05) is 35.0 Å². The number of nitrogens with two attached hydrogens (primary N) is 1. The van der Waals surface area contributed by atoms with E-state index in [2.05, 4.69) is 10.5 Å². The van der Waals surface area contributed by atoms with Crippen LogP contribution < -0.4 is 11.1 Å². The predicted molar refractivity (Wildman–Crippen MR) is 73.2 cm³/mol. The van der Waals surface area contributed by atoms with Gasteiger partial charge in [0.1, 0.15) is 17.0 Å². The topological polar surface area (TPSA) is 98.2 Å². The van der Waals surface area contributed by atoms with E-state index in [1.165, 1.54) is 0 Å². The van der Waals surface area contributed by atoms with Gasteiger partial charge in [-0.3, -0.25) is 9.59 Å². The Hall–Kier alpha value is -2.34. The normalized spacial score (nSPS) is 10.3. The monoisotopic (exact) mass is 293 g/mol. The van der Waals surface area contributed by atoms with E-state index in [1.54, 1.807) is 31.2 Å². The molecule has 0 aliphatic heterocycles. The van der Waals surface area contributed by atoms with Crippen LogP contribution in [0.2, 0.25) is 5.02 Å². The average Bonchev–Trinajstić information content (AvgIpc) is 2.78. The molecule has 7 heteroatoms. The first-order valence-corrected chi connectivity index (χ1v) is 6.16. The van der Waals surface area contributed by atoms with Crippen LogP contribution in [-0.2, 0) is 4.79 Å². The number of amides is 2. The van der Waals surface area contributed by atoms with Crippen LogP contribution in [0.15, 0.2) is 28.8 Å². The number of nitrogens with one attached hydrogen (secondary N) is 1. The van der Waals surface area contributed by atoms with Crippen molar-refractivity contribution in [2.75, 3.05) is 6.54 Å². The number of aryl methyl sites for hydroxylation is 1. The quantitative estimate of drug-likeness (QED) is 0.893. The molecular weight excluding hydrogens is 282 g/mol. The molecule has 20 heavy (non-hydrogen) atoms. The predicted octanol–water partition coefficient (Wildman–Crippen LogP) is 1.52. The zero-order valence-electron chi connectivity index (χ0n) is 10.6. The molecule has 0 aliphatic rings. The molecule has 2 aromatic rings. The lowest BCUT2D eigenvalue weighted by molar-refractivity contribution is -0.117. The number of carbonyl (C=O) groups excluding carboxylic acids is 2. The minimum Gasteiger partial charge on any atom is -0.368 e. The molecule has 0 radical (unpaired) electrons. The molecule has 0 spiro atoms. The molecule has 0 bridgehead atoms. The summed E-state index contributed by atoms with van der Waals surface area (Å²) in [5.41, 5.74) is 6.13. The van der Waals surface area contributed by atoms with E-state index in [9.17, 15) is 9.59 Å². The van der Waals surface area contributed by atoms with Crippen LogP contribution in [0.4, 0.5) is 0 Å². The fraction of sp³-hybridized carbons (Fsp3) is 0.154. The van der Waals surface area contributed by atoms with Gasteiger partial charge < -0.3 is 15.6 Å². The van der Waals surface area contributed by atoms with Crippen molar-refractivity contribution in [2.45, 2.75) is 6.92 Å². The summed E-state index contributed by atoms with van der Waals surface area (Å²) in [6.07, 6.45) is 0. The summed E-state index contributed by atoms with van der Waals surface area (Å²) in [6.45, 7) is 1.35. The highest BCUT2D eigenvalue weighted by Gasteiger charge is 2.22. The van der Waals surface area contributed by atoms with Crippen molar-refractivity contribution in [2.24, 2.45) is 5.73 Å². The Morgan fingerprint density at radius 2 is 2.10 bits per heavy atom. The van der Waals surface area contributed by atoms with Gasteiger partial charge in [0.15, 0.2) is 0 Å². The second-order valence-electron chi connectivity index (χ2n) is 4.09. The number of nitrogens with zero attached hydrogens (tertiary/aromatic N) is 1. The van der Waals surface area contributed by atoms with E-state index in [0.717, 1.165) is 0 Å². The minimum atomic E-state index is -0.633. The smallest absolute Gasteiger partial charge is 0.257 e. The molecule has 0 fully saturated rings. The summed E-state index contributed by atoms with van der Waals surface area (Å²) < 4.78 is 5.05. The zero-order valence-corrected chi connectivity index (χ0v) is 11.4. The molecule has 1 aromatic carbocycles. The van der Waals surface area contributed by atoms with Crippen molar-refractivity contribution >= 4 is 23.4 Å². The summed E-state index contributed by atoms with van der Waals surface area (Å²) in [4.78, 5) is 22.8. The van der Waals surface area contributed by atoms with E-state index >= 15 is 0 Å². The standard InChI is InChI=1S/C13H12ClN3O3/c1-7-11(13(19)16-6-10(15)18)12(17-20-7)8-4-2-3-5-9(8)14/h2-5H,6H2,1H3,(H2,15,18)(H,16,19). The number of benzene rings is 1. The van der Waals surface area contributed by atoms with Crippen molar-refractivity contribution in [3.63, 3.8) is 0 Å². The SMILES string of the molecule is Cc1onc(-c2ccccc2Cl)c1C(=O)NCC(N)=O. The number of aromatic nitrogens is 1. The van der Waals surface area contributed by atoms with Crippen LogP contribution in [0.1, 0.15) is 16.1 Å². The van der Waals surface area contributed by atoms with Crippen molar-refractivity contribution in [1.82, 2.24) is 10.5 Å². The lowest BCUT2D eigenvalue weighted by Crippen LogP contribution is -2.33. The summed E-state index contributed by atoms with van der Waals surface area (Å²) in [7, 11) is 0. The van der Waals surface area contributed by atoms with Gasteiger partial charge >= 0.3 is 0 Å². The number of rotatable bonds is 4. The highest BCUT2D eigenvalue weighted by molar-refractivity contribution is 6.33. The Labute approximate surface area is 119 Å². The maximum absolute atomic E-state index is 12.1. The van der Waals surface area contributed by atoms with Crippen LogP contribution in [0.5, 0.6) is 0 Å². The molecule has 2 rings (SSSR count). The fourth-order valence-corrected chi connectivity index (χ4v) is 1.96. The van der Waals surface area contributed by atoms with Crippen LogP contribution in [-0.4, -0.2) is 23.5 Å². The maximum Gasteiger partial charge on any atom is 0.257 e. The minimum absolute atomic E-state index is 0.236. The lowest BCUT2D eigenvalue weighted by atomic mass is 10.1. The van der Waals surface area contributed by atoms with Crippen molar-refractivity contribution < 1.29 is 14.1 Å². The van der Waals surface area contributed by atoms with Gasteiger partial charge in [0.05, 0.1) is 11.6 Å². The highest BCUT2D eigenvalue weighted by atomic mass is 35.5. The first kappa shape index (κ1) is 14.1. The second-order valence-corrected chi connectivity index (χ2v) is 4.50. The Balaban J connectivity index is 2.40. The molecule has 6 nitrogen and oxygen atoms in total. The molecule has 0 aliphatic carbocycles. The zero-order chi connectivity index (χ0) is 14.7. The van der Waals surface area contributed by atoms with Gasteiger partial charge in [0.2, 0.25) is 5.91 Å². The molecule has 0 saturated heterocycles. The van der Waals surface area contributed by atoms with Crippen LogP contribution >= 0.6 is 11.6 Å². The van der Waals surface area contributed by atoms with Crippen molar-refractivity contribution in [1.29, 1.82) is 0 Å². The van der Waals surface area contributed by atoms with E-state index in [-0.39, 0.29) is 12.1 Å². The number of hydrogen-bond donors (Lipinski definition) is 2. The van der Waals surface area contributed by atoms with Crippen LogP contribution in [0, 0.1) is 6.92 Å². The summed E-state index contributed by atoms with van der Waals surface area (Å²) >= 11 is 6.08. The average molecular weight is 294 g/mol. The number of halogens is 1. The first-order chi connectivity index (χ1) is 9.50. The van der Waals surface area contributed by atoms with Crippen molar-refractivity contribution in [3.05, 3.63) is 40.6 Å². The third kappa shape index (κ3) is 2.80. The first-order valence-electron chi connectivity index (χ1n) is 5.78. The summed E-state index contributed by atoms with van der Waals surface area (Å²) in [5, 5.41) is 6.71. The number of hydrogen-bond acceptors (Lipinski definition) is 4. The van der Waals surface area contributed by atoms with Crippen molar-refractivity contribution in [3.8, 4) is 11.3 Å². The molecule has 0 unspecified atom stereocenters. The molecule has 1 heterocycles.